The van der Waals surface area contributed by atoms with Gasteiger partial charge >= 0.3 is 0 Å². The van der Waals surface area contributed by atoms with Crippen LogP contribution in [0.15, 0.2) is 57.1 Å². The van der Waals surface area contributed by atoms with E-state index in [0.717, 1.165) is 13.3 Å². The first-order valence-electron chi connectivity index (χ1n) is 7.37. The highest BCUT2D eigenvalue weighted by atomic mass is 79.9. The van der Waals surface area contributed by atoms with Gasteiger partial charge < -0.3 is 5.32 Å². The van der Waals surface area contributed by atoms with Gasteiger partial charge in [0, 0.05) is 10.9 Å². The number of thiophene rings is 1. The Labute approximate surface area is 155 Å². The van der Waals surface area contributed by atoms with Crippen molar-refractivity contribution in [3.05, 3.63) is 79.1 Å². The predicted octanol–water partition coefficient (Wildman–Crippen LogP) is 3.69. The van der Waals surface area contributed by atoms with Crippen molar-refractivity contribution in [2.75, 3.05) is 0 Å². The molecule has 25 heavy (non-hydrogen) atoms. The van der Waals surface area contributed by atoms with E-state index in [4.69, 9.17) is 0 Å². The number of nitrogens with zero attached hydrogens (tertiary/aromatic N) is 2. The van der Waals surface area contributed by atoms with Crippen LogP contribution in [0.25, 0.3) is 5.69 Å². The summed E-state index contributed by atoms with van der Waals surface area (Å²) in [5, 5.41) is 6.82. The molecule has 1 atom stereocenters. The number of carbonyl (C=O) groups is 1. The normalized spacial score (nSPS) is 12.0. The second kappa shape index (κ2) is 7.28. The fourth-order valence-electron chi connectivity index (χ4n) is 2.23. The van der Waals surface area contributed by atoms with Crippen LogP contribution >= 0.6 is 27.3 Å². The zero-order valence-electron chi connectivity index (χ0n) is 13.1. The van der Waals surface area contributed by atoms with Crippen molar-refractivity contribution in [1.82, 2.24) is 15.1 Å². The Balaban J connectivity index is 1.88. The second-order valence-corrected chi connectivity index (χ2v) is 7.75. The van der Waals surface area contributed by atoms with Gasteiger partial charge in [0.25, 0.3) is 11.5 Å². The molecule has 0 saturated carbocycles. The third-order valence-electron chi connectivity index (χ3n) is 3.48. The zero-order valence-corrected chi connectivity index (χ0v) is 15.5. The monoisotopic (exact) mass is 421 g/mol. The van der Waals surface area contributed by atoms with Crippen LogP contribution in [0, 0.1) is 5.82 Å². The van der Waals surface area contributed by atoms with Crippen molar-refractivity contribution in [2.45, 2.75) is 13.0 Å². The maximum absolute atomic E-state index is 13.9. The highest BCUT2D eigenvalue weighted by molar-refractivity contribution is 9.11. The molecule has 0 bridgehead atoms. The lowest BCUT2D eigenvalue weighted by atomic mass is 10.2. The van der Waals surface area contributed by atoms with Crippen LogP contribution in [-0.4, -0.2) is 15.7 Å². The molecule has 0 aliphatic rings. The van der Waals surface area contributed by atoms with Crippen molar-refractivity contribution in [3.8, 4) is 5.69 Å². The molecule has 3 rings (SSSR count). The smallest absolute Gasteiger partial charge is 0.272 e. The fraction of sp³-hybridized carbons (Fsp3) is 0.118. The third-order valence-corrected chi connectivity index (χ3v) is 5.29. The van der Waals surface area contributed by atoms with E-state index in [2.05, 4.69) is 26.3 Å². The summed E-state index contributed by atoms with van der Waals surface area (Å²) in [6.45, 7) is 1.85. The molecule has 0 fully saturated rings. The van der Waals surface area contributed by atoms with E-state index in [9.17, 15) is 14.0 Å². The molecule has 1 aromatic carbocycles. The lowest BCUT2D eigenvalue weighted by Crippen LogP contribution is -2.30. The Bertz CT molecular complexity index is 986. The Morgan fingerprint density at radius 2 is 2.00 bits per heavy atom. The van der Waals surface area contributed by atoms with E-state index in [1.54, 1.807) is 6.07 Å². The number of hydrogen-bond donors (Lipinski definition) is 1. The summed E-state index contributed by atoms with van der Waals surface area (Å²) in [4.78, 5) is 25.4. The van der Waals surface area contributed by atoms with Crippen molar-refractivity contribution in [2.24, 2.45) is 0 Å². The number of aromatic nitrogens is 2. The standard InChI is InChI=1S/C17H13BrFN3O2S/c1-10(14-7-8-15(18)25-14)20-17(24)12-6-9-16(23)22(21-12)13-5-3-2-4-11(13)19/h2-10H,1H3,(H,20,24). The van der Waals surface area contributed by atoms with Gasteiger partial charge in [0.15, 0.2) is 0 Å². The summed E-state index contributed by atoms with van der Waals surface area (Å²) in [5.41, 5.74) is -0.486. The first kappa shape index (κ1) is 17.5. The third kappa shape index (κ3) is 3.85. The van der Waals surface area contributed by atoms with E-state index < -0.39 is 17.3 Å². The lowest BCUT2D eigenvalue weighted by molar-refractivity contribution is 0.0933. The topological polar surface area (TPSA) is 64.0 Å². The average Bonchev–Trinajstić information content (AvgIpc) is 3.02. The van der Waals surface area contributed by atoms with E-state index in [1.807, 2.05) is 19.1 Å². The van der Waals surface area contributed by atoms with Gasteiger partial charge in [0.1, 0.15) is 17.2 Å². The van der Waals surface area contributed by atoms with Crippen LogP contribution in [0.5, 0.6) is 0 Å². The fourth-order valence-corrected chi connectivity index (χ4v) is 3.66. The van der Waals surface area contributed by atoms with Crippen LogP contribution in [0.4, 0.5) is 4.39 Å². The minimum atomic E-state index is -0.591. The highest BCUT2D eigenvalue weighted by Gasteiger charge is 2.16. The van der Waals surface area contributed by atoms with Crippen molar-refractivity contribution in [1.29, 1.82) is 0 Å². The number of nitrogens with one attached hydrogen (secondary N) is 1. The number of rotatable bonds is 4. The summed E-state index contributed by atoms with van der Waals surface area (Å²) >= 11 is 4.90. The molecule has 1 amide bonds. The first-order valence-corrected chi connectivity index (χ1v) is 8.98. The van der Waals surface area contributed by atoms with Crippen LogP contribution in [0.2, 0.25) is 0 Å². The van der Waals surface area contributed by atoms with Crippen molar-refractivity contribution >= 4 is 33.2 Å². The molecule has 2 heterocycles. The number of para-hydroxylation sites is 1. The molecule has 0 saturated heterocycles. The minimum Gasteiger partial charge on any atom is -0.343 e. The lowest BCUT2D eigenvalue weighted by Gasteiger charge is -2.12. The minimum absolute atomic E-state index is 0.00242. The van der Waals surface area contributed by atoms with Crippen LogP contribution in [0.1, 0.15) is 28.3 Å². The highest BCUT2D eigenvalue weighted by Crippen LogP contribution is 2.27. The molecule has 0 aliphatic heterocycles. The second-order valence-electron chi connectivity index (χ2n) is 5.26. The molecule has 0 spiro atoms. The predicted molar refractivity (Wildman–Crippen MR) is 97.7 cm³/mol. The quantitative estimate of drug-likeness (QED) is 0.698. The van der Waals surface area contributed by atoms with E-state index in [-0.39, 0.29) is 17.4 Å². The van der Waals surface area contributed by atoms with Gasteiger partial charge in [-0.3, -0.25) is 9.59 Å². The Kier molecular flexibility index (Phi) is 5.10. The van der Waals surface area contributed by atoms with Gasteiger partial charge in [-0.15, -0.1) is 11.3 Å². The summed E-state index contributed by atoms with van der Waals surface area (Å²) < 4.78 is 15.8. The number of amides is 1. The average molecular weight is 422 g/mol. The molecule has 1 unspecified atom stereocenters. The summed E-state index contributed by atoms with van der Waals surface area (Å²) in [7, 11) is 0. The summed E-state index contributed by atoms with van der Waals surface area (Å²) in [5.74, 6) is -1.03. The maximum Gasteiger partial charge on any atom is 0.272 e. The number of carbonyl (C=O) groups excluding carboxylic acids is 1. The SMILES string of the molecule is CC(NC(=O)c1ccc(=O)n(-c2ccccc2F)n1)c1ccc(Br)s1. The van der Waals surface area contributed by atoms with E-state index >= 15 is 0 Å². The molecule has 5 nitrogen and oxygen atoms in total. The maximum atomic E-state index is 13.9. The molecular formula is C17H13BrFN3O2S. The molecule has 0 aliphatic carbocycles. The Morgan fingerprint density at radius 1 is 1.24 bits per heavy atom. The number of halogens is 2. The Morgan fingerprint density at radius 3 is 2.68 bits per heavy atom. The van der Waals surface area contributed by atoms with E-state index in [0.29, 0.717) is 0 Å². The van der Waals surface area contributed by atoms with Crippen LogP contribution < -0.4 is 10.9 Å². The first-order chi connectivity index (χ1) is 12.0. The number of benzene rings is 1. The zero-order chi connectivity index (χ0) is 18.0. The molecule has 3 aromatic rings. The van der Waals surface area contributed by atoms with Gasteiger partial charge in [-0.25, -0.2) is 4.39 Å². The summed E-state index contributed by atoms with van der Waals surface area (Å²) in [6, 6.07) is 11.9. The molecule has 2 aromatic heterocycles. The largest absolute Gasteiger partial charge is 0.343 e. The van der Waals surface area contributed by atoms with Gasteiger partial charge in [0.2, 0.25) is 0 Å². The molecule has 8 heteroatoms. The summed E-state index contributed by atoms with van der Waals surface area (Å²) in [6.07, 6.45) is 0. The van der Waals surface area contributed by atoms with Gasteiger partial charge in [-0.2, -0.15) is 9.78 Å². The molecule has 0 radical (unpaired) electrons. The molecule has 1 N–H and O–H groups in total. The van der Waals surface area contributed by atoms with Crippen LogP contribution in [0.3, 0.4) is 0 Å². The van der Waals surface area contributed by atoms with Crippen molar-refractivity contribution < 1.29 is 9.18 Å². The van der Waals surface area contributed by atoms with Crippen molar-refractivity contribution in [3.63, 3.8) is 0 Å². The molecule has 128 valence electrons. The van der Waals surface area contributed by atoms with Gasteiger partial charge in [-0.1, -0.05) is 12.1 Å². The van der Waals surface area contributed by atoms with Gasteiger partial charge in [-0.05, 0) is 53.2 Å². The number of hydrogen-bond acceptors (Lipinski definition) is 4. The molecular weight excluding hydrogens is 409 g/mol. The van der Waals surface area contributed by atoms with Crippen LogP contribution in [-0.2, 0) is 0 Å². The Hall–Kier alpha value is -2.32. The van der Waals surface area contributed by atoms with E-state index in [1.165, 1.54) is 41.7 Å². The van der Waals surface area contributed by atoms with Gasteiger partial charge in [0.05, 0.1) is 9.83 Å².